The third-order valence-electron chi connectivity index (χ3n) is 2.39. The molecule has 0 aliphatic heterocycles. The molecule has 0 radical (unpaired) electrons. The van der Waals surface area contributed by atoms with Gasteiger partial charge in [0.25, 0.3) is 0 Å². The molecule has 2 rings (SSSR count). The minimum Gasteiger partial charge on any atom is -1.00 e. The molecule has 0 heterocycles. The fraction of sp³-hybridized carbons (Fsp3) is 0.143. The molecule has 0 aromatic heterocycles. The van der Waals surface area contributed by atoms with Crippen molar-refractivity contribution in [2.24, 2.45) is 0 Å². The van der Waals surface area contributed by atoms with E-state index in [4.69, 9.17) is 0 Å². The summed E-state index contributed by atoms with van der Waals surface area (Å²) >= 11 is 0. The first-order chi connectivity index (χ1) is 6.95. The van der Waals surface area contributed by atoms with Gasteiger partial charge in [-0.05, 0) is 24.0 Å². The predicted octanol–water partition coefficient (Wildman–Crippen LogP) is -2.30. The van der Waals surface area contributed by atoms with E-state index in [9.17, 15) is 0 Å². The molecular formula is C14H16Li2. The predicted molar refractivity (Wildman–Crippen MR) is 62.5 cm³/mol. The largest absolute Gasteiger partial charge is 1.00 e. The van der Waals surface area contributed by atoms with Crippen molar-refractivity contribution in [3.8, 4) is 0 Å². The van der Waals surface area contributed by atoms with Crippen LogP contribution in [0.5, 0.6) is 0 Å². The minimum absolute atomic E-state index is 0. The van der Waals surface area contributed by atoms with Gasteiger partial charge in [-0.25, -0.2) is 0 Å². The molecule has 0 unspecified atom stereocenters. The second-order valence-electron chi connectivity index (χ2n) is 3.47. The summed E-state index contributed by atoms with van der Waals surface area (Å²) in [5, 5.41) is 0. The van der Waals surface area contributed by atoms with Gasteiger partial charge in [0.05, 0.1) is 0 Å². The first-order valence-corrected chi connectivity index (χ1v) is 5.03. The average molecular weight is 198 g/mol. The molecule has 0 nitrogen and oxygen atoms in total. The average Bonchev–Trinajstić information content (AvgIpc) is 2.29. The van der Waals surface area contributed by atoms with Gasteiger partial charge in [0, 0.05) is 0 Å². The summed E-state index contributed by atoms with van der Waals surface area (Å²) in [6.45, 7) is 0. The summed E-state index contributed by atoms with van der Waals surface area (Å²) in [6.07, 6.45) is 2.26. The molecule has 0 atom stereocenters. The van der Waals surface area contributed by atoms with Gasteiger partial charge in [0.1, 0.15) is 0 Å². The molecule has 0 fully saturated rings. The first kappa shape index (κ1) is 15.6. The van der Waals surface area contributed by atoms with Crippen molar-refractivity contribution in [1.82, 2.24) is 0 Å². The van der Waals surface area contributed by atoms with Gasteiger partial charge in [-0.1, -0.05) is 60.7 Å². The van der Waals surface area contributed by atoms with Crippen molar-refractivity contribution in [3.05, 3.63) is 71.8 Å². The molecule has 16 heavy (non-hydrogen) atoms. The van der Waals surface area contributed by atoms with Crippen molar-refractivity contribution < 1.29 is 40.6 Å². The van der Waals surface area contributed by atoms with Gasteiger partial charge in [0.15, 0.2) is 0 Å². The van der Waals surface area contributed by atoms with Crippen LogP contribution >= 0.6 is 0 Å². The van der Waals surface area contributed by atoms with Crippen LogP contribution in [0.2, 0.25) is 0 Å². The minimum atomic E-state index is 0. The number of hydrogen-bond donors (Lipinski definition) is 0. The van der Waals surface area contributed by atoms with Crippen LogP contribution in [0.15, 0.2) is 60.7 Å². The van der Waals surface area contributed by atoms with E-state index < -0.39 is 0 Å². The quantitative estimate of drug-likeness (QED) is 0.487. The summed E-state index contributed by atoms with van der Waals surface area (Å²) in [6, 6.07) is 21.2. The van der Waals surface area contributed by atoms with Crippen molar-refractivity contribution in [2.75, 3.05) is 0 Å². The maximum absolute atomic E-state index is 2.18. The van der Waals surface area contributed by atoms with Crippen LogP contribution in [-0.4, -0.2) is 0 Å². The summed E-state index contributed by atoms with van der Waals surface area (Å²) in [7, 11) is 0. The third-order valence-corrected chi connectivity index (χ3v) is 2.39. The Morgan fingerprint density at radius 3 is 1.19 bits per heavy atom. The molecule has 2 aromatic rings. The van der Waals surface area contributed by atoms with E-state index in [1.165, 1.54) is 11.1 Å². The van der Waals surface area contributed by atoms with E-state index in [0.717, 1.165) is 12.8 Å². The Kier molecular flexibility index (Phi) is 8.55. The molecule has 74 valence electrons. The van der Waals surface area contributed by atoms with Gasteiger partial charge in [-0.15, -0.1) is 0 Å². The Hall–Kier alpha value is -0.365. The van der Waals surface area contributed by atoms with Gasteiger partial charge in [-0.3, -0.25) is 0 Å². The van der Waals surface area contributed by atoms with Crippen LogP contribution in [-0.2, 0) is 12.8 Å². The topological polar surface area (TPSA) is 0 Å². The van der Waals surface area contributed by atoms with E-state index >= 15 is 0 Å². The van der Waals surface area contributed by atoms with E-state index in [1.54, 1.807) is 0 Å². The Balaban J connectivity index is -0.000000562. The van der Waals surface area contributed by atoms with Gasteiger partial charge in [0.2, 0.25) is 0 Å². The normalized spacial score (nSPS) is 8.75. The van der Waals surface area contributed by atoms with Crippen LogP contribution in [0.25, 0.3) is 0 Å². The van der Waals surface area contributed by atoms with Crippen molar-refractivity contribution in [2.45, 2.75) is 12.8 Å². The number of rotatable bonds is 3. The molecule has 0 saturated heterocycles. The fourth-order valence-electron chi connectivity index (χ4n) is 1.58. The SMILES string of the molecule is [H-].[H-].[Li+].[Li+].c1ccc(CCc2ccccc2)cc1. The Morgan fingerprint density at radius 2 is 0.875 bits per heavy atom. The molecule has 0 N–H and O–H groups in total. The zero-order valence-electron chi connectivity index (χ0n) is 12.2. The molecule has 0 saturated carbocycles. The third kappa shape index (κ3) is 5.11. The van der Waals surface area contributed by atoms with E-state index in [-0.39, 0.29) is 40.6 Å². The van der Waals surface area contributed by atoms with Crippen molar-refractivity contribution >= 4 is 0 Å². The molecule has 0 amide bonds. The number of benzene rings is 2. The second-order valence-corrected chi connectivity index (χ2v) is 3.47. The second kappa shape index (κ2) is 8.75. The summed E-state index contributed by atoms with van der Waals surface area (Å²) < 4.78 is 0. The Bertz CT molecular complexity index is 340. The van der Waals surface area contributed by atoms with Gasteiger partial charge >= 0.3 is 37.7 Å². The first-order valence-electron chi connectivity index (χ1n) is 5.03. The Labute approximate surface area is 125 Å². The molecule has 2 heteroatoms. The van der Waals surface area contributed by atoms with Gasteiger partial charge < -0.3 is 2.85 Å². The van der Waals surface area contributed by atoms with Crippen LogP contribution in [0.1, 0.15) is 14.0 Å². The standard InChI is InChI=1S/C14H14.2Li.2H/c1-3-7-13(8-4-1)11-12-14-9-5-2-6-10-14;;;;/h1-10H,11-12H2;;;;/q;2*+1;2*-1. The van der Waals surface area contributed by atoms with Crippen molar-refractivity contribution in [3.63, 3.8) is 0 Å². The van der Waals surface area contributed by atoms with Crippen LogP contribution in [0, 0.1) is 0 Å². The van der Waals surface area contributed by atoms with Crippen LogP contribution in [0.3, 0.4) is 0 Å². The maximum Gasteiger partial charge on any atom is 1.00 e. The smallest absolute Gasteiger partial charge is 1.00 e. The number of aryl methyl sites for hydroxylation is 2. The Morgan fingerprint density at radius 1 is 0.562 bits per heavy atom. The zero-order valence-corrected chi connectivity index (χ0v) is 10.2. The molecule has 0 aliphatic rings. The summed E-state index contributed by atoms with van der Waals surface area (Å²) in [5.41, 5.74) is 2.83. The zero-order chi connectivity index (χ0) is 9.64. The maximum atomic E-state index is 2.18. The molecule has 0 bridgehead atoms. The summed E-state index contributed by atoms with van der Waals surface area (Å²) in [5.74, 6) is 0. The fourth-order valence-corrected chi connectivity index (χ4v) is 1.58. The molecule has 0 aliphatic carbocycles. The van der Waals surface area contributed by atoms with Gasteiger partial charge in [-0.2, -0.15) is 0 Å². The molecule has 2 aromatic carbocycles. The van der Waals surface area contributed by atoms with Crippen molar-refractivity contribution in [1.29, 1.82) is 0 Å². The van der Waals surface area contributed by atoms with Crippen LogP contribution < -0.4 is 37.7 Å². The molecule has 0 spiro atoms. The number of hydrogen-bond acceptors (Lipinski definition) is 0. The molecular weight excluding hydrogens is 182 g/mol. The van der Waals surface area contributed by atoms with Crippen LogP contribution in [0.4, 0.5) is 0 Å². The van der Waals surface area contributed by atoms with E-state index in [0.29, 0.717) is 0 Å². The van der Waals surface area contributed by atoms with E-state index in [1.807, 2.05) is 0 Å². The summed E-state index contributed by atoms with van der Waals surface area (Å²) in [4.78, 5) is 0. The van der Waals surface area contributed by atoms with E-state index in [2.05, 4.69) is 60.7 Å². The monoisotopic (exact) mass is 198 g/mol.